The van der Waals surface area contributed by atoms with Gasteiger partial charge in [0.25, 0.3) is 0 Å². The van der Waals surface area contributed by atoms with E-state index in [1.165, 1.54) is 4.52 Å². The summed E-state index contributed by atoms with van der Waals surface area (Å²) in [6.45, 7) is 0. The van der Waals surface area contributed by atoms with Crippen LogP contribution < -0.4 is 5.69 Å². The predicted octanol–water partition coefficient (Wildman–Crippen LogP) is 1.18. The van der Waals surface area contributed by atoms with Crippen LogP contribution in [0.25, 0.3) is 16.4 Å². The molecule has 2 aromatic heterocycles. The molecule has 3 rings (SSSR count). The molecule has 3 aromatic rings. The highest BCUT2D eigenvalue weighted by molar-refractivity contribution is 5.81. The normalized spacial score (nSPS) is 11.1. The van der Waals surface area contributed by atoms with Gasteiger partial charge in [0.15, 0.2) is 0 Å². The fourth-order valence-electron chi connectivity index (χ4n) is 1.55. The van der Waals surface area contributed by atoms with Crippen LogP contribution in [0.15, 0.2) is 41.3 Å². The molecular formula is C10H7N3O. The Morgan fingerprint density at radius 1 is 1.29 bits per heavy atom. The summed E-state index contributed by atoms with van der Waals surface area (Å²) in [7, 11) is 0. The Hall–Kier alpha value is -2.10. The first-order valence-corrected chi connectivity index (χ1v) is 4.31. The van der Waals surface area contributed by atoms with E-state index in [1.807, 2.05) is 30.3 Å². The molecule has 2 heterocycles. The summed E-state index contributed by atoms with van der Waals surface area (Å²) >= 11 is 0. The minimum absolute atomic E-state index is 0.203. The number of aromatic amines is 1. The average molecular weight is 185 g/mol. The summed E-state index contributed by atoms with van der Waals surface area (Å²) in [5.74, 6) is 0. The van der Waals surface area contributed by atoms with Gasteiger partial charge < -0.3 is 4.98 Å². The van der Waals surface area contributed by atoms with Gasteiger partial charge in [-0.3, -0.25) is 0 Å². The average Bonchev–Trinajstić information content (AvgIpc) is 2.57. The molecule has 0 aliphatic heterocycles. The Morgan fingerprint density at radius 3 is 3.07 bits per heavy atom. The van der Waals surface area contributed by atoms with Crippen molar-refractivity contribution in [2.24, 2.45) is 0 Å². The minimum Gasteiger partial charge on any atom is -0.311 e. The molecule has 0 radical (unpaired) electrons. The Kier molecular flexibility index (Phi) is 1.28. The van der Waals surface area contributed by atoms with E-state index < -0.39 is 0 Å². The van der Waals surface area contributed by atoms with E-state index in [4.69, 9.17) is 0 Å². The number of aromatic nitrogens is 3. The predicted molar refractivity (Wildman–Crippen MR) is 53.3 cm³/mol. The first-order chi connectivity index (χ1) is 6.84. The molecule has 0 fully saturated rings. The quantitative estimate of drug-likeness (QED) is 0.571. The maximum atomic E-state index is 11.3. The molecule has 4 nitrogen and oxygen atoms in total. The second-order valence-corrected chi connectivity index (χ2v) is 3.13. The zero-order chi connectivity index (χ0) is 9.54. The lowest BCUT2D eigenvalue weighted by molar-refractivity contribution is 0.906. The summed E-state index contributed by atoms with van der Waals surface area (Å²) in [5.41, 5.74) is 1.40. The van der Waals surface area contributed by atoms with Crippen molar-refractivity contribution in [3.8, 4) is 0 Å². The number of imidazole rings is 1. The Morgan fingerprint density at radius 2 is 2.14 bits per heavy atom. The van der Waals surface area contributed by atoms with Crippen LogP contribution in [0.4, 0.5) is 0 Å². The van der Waals surface area contributed by atoms with Gasteiger partial charge in [-0.2, -0.15) is 9.61 Å². The van der Waals surface area contributed by atoms with Crippen molar-refractivity contribution in [1.29, 1.82) is 0 Å². The maximum Gasteiger partial charge on any atom is 0.346 e. The van der Waals surface area contributed by atoms with Crippen LogP contribution in [0.1, 0.15) is 0 Å². The number of H-pyrrole nitrogens is 1. The first-order valence-electron chi connectivity index (χ1n) is 4.31. The third-order valence-corrected chi connectivity index (χ3v) is 2.23. The summed E-state index contributed by atoms with van der Waals surface area (Å²) in [4.78, 5) is 13.9. The van der Waals surface area contributed by atoms with Crippen LogP contribution in [0.5, 0.6) is 0 Å². The Balaban J connectivity index is 2.61. The molecule has 0 unspecified atom stereocenters. The second kappa shape index (κ2) is 2.45. The van der Waals surface area contributed by atoms with E-state index in [9.17, 15) is 4.79 Å². The highest BCUT2D eigenvalue weighted by atomic mass is 16.1. The van der Waals surface area contributed by atoms with Gasteiger partial charge in [-0.1, -0.05) is 18.2 Å². The van der Waals surface area contributed by atoms with Crippen LogP contribution in [0, 0.1) is 0 Å². The van der Waals surface area contributed by atoms with Gasteiger partial charge in [0.1, 0.15) is 0 Å². The number of hydrogen-bond donors (Lipinski definition) is 1. The van der Waals surface area contributed by atoms with Gasteiger partial charge in [-0.05, 0) is 12.1 Å². The topological polar surface area (TPSA) is 50.2 Å². The highest BCUT2D eigenvalue weighted by Crippen LogP contribution is 2.11. The number of hydrogen-bond acceptors (Lipinski definition) is 2. The minimum atomic E-state index is -0.203. The Bertz CT molecular complexity index is 665. The van der Waals surface area contributed by atoms with E-state index in [1.54, 1.807) is 6.20 Å². The summed E-state index contributed by atoms with van der Waals surface area (Å²) in [5, 5.41) is 5.24. The Labute approximate surface area is 78.8 Å². The third kappa shape index (κ3) is 0.877. The van der Waals surface area contributed by atoms with Crippen LogP contribution in [-0.2, 0) is 0 Å². The molecule has 4 heteroatoms. The third-order valence-electron chi connectivity index (χ3n) is 2.23. The first kappa shape index (κ1) is 7.32. The number of nitrogens with one attached hydrogen (secondary N) is 1. The van der Waals surface area contributed by atoms with Gasteiger partial charge >= 0.3 is 5.69 Å². The maximum absolute atomic E-state index is 11.3. The summed E-state index contributed by atoms with van der Waals surface area (Å²) in [6, 6.07) is 9.64. The van der Waals surface area contributed by atoms with Crippen LogP contribution in [0.2, 0.25) is 0 Å². The van der Waals surface area contributed by atoms with E-state index in [0.29, 0.717) is 0 Å². The molecule has 1 N–H and O–H groups in total. The zero-order valence-electron chi connectivity index (χ0n) is 7.27. The lowest BCUT2D eigenvalue weighted by Crippen LogP contribution is -2.11. The number of fused-ring (bicyclic) bond motifs is 2. The fourth-order valence-corrected chi connectivity index (χ4v) is 1.55. The molecule has 0 bridgehead atoms. The molecule has 0 aliphatic carbocycles. The molecule has 0 saturated heterocycles. The molecular weight excluding hydrogens is 178 g/mol. The van der Waals surface area contributed by atoms with Crippen molar-refractivity contribution < 1.29 is 0 Å². The zero-order valence-corrected chi connectivity index (χ0v) is 7.27. The monoisotopic (exact) mass is 185 g/mol. The van der Waals surface area contributed by atoms with E-state index in [2.05, 4.69) is 10.1 Å². The molecule has 0 atom stereocenters. The number of nitrogens with zero attached hydrogens (tertiary/aromatic N) is 2. The van der Waals surface area contributed by atoms with Gasteiger partial charge in [0, 0.05) is 11.6 Å². The standard InChI is InChI=1S/C10H7N3O/c14-10-11-6-8-5-7-3-1-2-4-9(7)12-13(8)10/h1-6H,(H,11,14). The van der Waals surface area contributed by atoms with Crippen molar-refractivity contribution in [3.63, 3.8) is 0 Å². The lowest BCUT2D eigenvalue weighted by atomic mass is 10.2. The van der Waals surface area contributed by atoms with Crippen LogP contribution >= 0.6 is 0 Å². The van der Waals surface area contributed by atoms with Crippen LogP contribution in [0.3, 0.4) is 0 Å². The smallest absolute Gasteiger partial charge is 0.311 e. The number of rotatable bonds is 0. The van der Waals surface area contributed by atoms with E-state index in [0.717, 1.165) is 16.4 Å². The van der Waals surface area contributed by atoms with E-state index >= 15 is 0 Å². The molecule has 1 aromatic carbocycles. The van der Waals surface area contributed by atoms with Crippen molar-refractivity contribution in [1.82, 2.24) is 14.6 Å². The summed E-state index contributed by atoms with van der Waals surface area (Å²) in [6.07, 6.45) is 1.65. The fraction of sp³-hybridized carbons (Fsp3) is 0. The van der Waals surface area contributed by atoms with Gasteiger partial charge in [0.2, 0.25) is 0 Å². The molecule has 0 saturated carbocycles. The molecule has 0 aliphatic rings. The molecule has 0 spiro atoms. The lowest BCUT2D eigenvalue weighted by Gasteiger charge is -1.96. The van der Waals surface area contributed by atoms with Crippen molar-refractivity contribution in [2.75, 3.05) is 0 Å². The highest BCUT2D eigenvalue weighted by Gasteiger charge is 2.00. The van der Waals surface area contributed by atoms with Crippen molar-refractivity contribution >= 4 is 16.4 Å². The molecule has 68 valence electrons. The summed E-state index contributed by atoms with van der Waals surface area (Å²) < 4.78 is 1.36. The number of benzene rings is 1. The van der Waals surface area contributed by atoms with Gasteiger partial charge in [-0.15, -0.1) is 0 Å². The molecule has 0 amide bonds. The van der Waals surface area contributed by atoms with E-state index in [-0.39, 0.29) is 5.69 Å². The largest absolute Gasteiger partial charge is 0.346 e. The van der Waals surface area contributed by atoms with Gasteiger partial charge in [-0.25, -0.2) is 4.79 Å². The van der Waals surface area contributed by atoms with Crippen LogP contribution in [-0.4, -0.2) is 14.6 Å². The SMILES string of the molecule is O=c1[nH]cc2cc3ccccc3nn12. The molecule has 14 heavy (non-hydrogen) atoms. The van der Waals surface area contributed by atoms with Crippen molar-refractivity contribution in [3.05, 3.63) is 47.0 Å². The van der Waals surface area contributed by atoms with Gasteiger partial charge in [0.05, 0.1) is 11.0 Å². The second-order valence-electron chi connectivity index (χ2n) is 3.13. The van der Waals surface area contributed by atoms with Crippen molar-refractivity contribution in [2.45, 2.75) is 0 Å².